The van der Waals surface area contributed by atoms with Crippen molar-refractivity contribution in [3.05, 3.63) is 33.1 Å². The highest BCUT2D eigenvalue weighted by molar-refractivity contribution is 8.00. The highest BCUT2D eigenvalue weighted by Crippen LogP contribution is 2.36. The number of hydrogen-bond acceptors (Lipinski definition) is 4. The fourth-order valence-corrected chi connectivity index (χ4v) is 2.99. The van der Waals surface area contributed by atoms with E-state index in [1.54, 1.807) is 0 Å². The van der Waals surface area contributed by atoms with E-state index in [2.05, 4.69) is 4.98 Å². The maximum Gasteiger partial charge on any atom is 0.328 e. The smallest absolute Gasteiger partial charge is 0.328 e. The van der Waals surface area contributed by atoms with Gasteiger partial charge in [0.15, 0.2) is 0 Å². The average molecular weight is 246 g/mol. The number of thioether (sulfide) groups is 1. The standard InChI is InChI=1S/C9H11FN2O3S/c10-8-5(4-16-6(8)3-13)12-2-1-7(14)11-9(12)15/h1-2,5-6,8,13H,3-4H2,(H,11,14,15)/t5-,6-,8+/m0/s1. The lowest BCUT2D eigenvalue weighted by atomic mass is 10.1. The second kappa shape index (κ2) is 4.42. The van der Waals surface area contributed by atoms with Crippen LogP contribution in [0.5, 0.6) is 0 Å². The molecule has 0 bridgehead atoms. The summed E-state index contributed by atoms with van der Waals surface area (Å²) < 4.78 is 15.0. The fourth-order valence-electron chi connectivity index (χ4n) is 1.73. The molecule has 0 amide bonds. The van der Waals surface area contributed by atoms with Gasteiger partial charge in [-0.3, -0.25) is 14.3 Å². The first-order valence-corrected chi connectivity index (χ1v) is 5.86. The molecule has 88 valence electrons. The van der Waals surface area contributed by atoms with Crippen LogP contribution in [-0.2, 0) is 0 Å². The summed E-state index contributed by atoms with van der Waals surface area (Å²) in [6.45, 7) is -0.250. The van der Waals surface area contributed by atoms with Crippen LogP contribution in [0.25, 0.3) is 0 Å². The zero-order valence-corrected chi connectivity index (χ0v) is 9.11. The van der Waals surface area contributed by atoms with Gasteiger partial charge in [-0.25, -0.2) is 9.18 Å². The molecule has 0 spiro atoms. The number of aliphatic hydroxyl groups excluding tert-OH is 1. The molecule has 0 aromatic carbocycles. The van der Waals surface area contributed by atoms with Crippen molar-refractivity contribution in [2.45, 2.75) is 17.5 Å². The van der Waals surface area contributed by atoms with Crippen molar-refractivity contribution < 1.29 is 9.50 Å². The van der Waals surface area contributed by atoms with Crippen molar-refractivity contribution in [1.29, 1.82) is 0 Å². The van der Waals surface area contributed by atoms with Crippen molar-refractivity contribution >= 4 is 11.8 Å². The van der Waals surface area contributed by atoms with Crippen molar-refractivity contribution in [3.8, 4) is 0 Å². The number of aromatic amines is 1. The highest BCUT2D eigenvalue weighted by Gasteiger charge is 2.38. The molecule has 2 rings (SSSR count). The molecule has 5 nitrogen and oxygen atoms in total. The molecule has 0 radical (unpaired) electrons. The third kappa shape index (κ3) is 1.92. The monoisotopic (exact) mass is 246 g/mol. The van der Waals surface area contributed by atoms with Gasteiger partial charge in [-0.1, -0.05) is 0 Å². The maximum atomic E-state index is 13.8. The fraction of sp³-hybridized carbons (Fsp3) is 0.556. The Bertz CT molecular complexity index is 486. The summed E-state index contributed by atoms with van der Waals surface area (Å²) in [5.74, 6) is 0.415. The van der Waals surface area contributed by atoms with E-state index in [-0.39, 0.29) is 6.61 Å². The van der Waals surface area contributed by atoms with Crippen LogP contribution in [0.15, 0.2) is 21.9 Å². The number of H-pyrrole nitrogens is 1. The quantitative estimate of drug-likeness (QED) is 0.739. The summed E-state index contributed by atoms with van der Waals surface area (Å²) in [4.78, 5) is 24.4. The first-order valence-electron chi connectivity index (χ1n) is 4.81. The largest absolute Gasteiger partial charge is 0.395 e. The van der Waals surface area contributed by atoms with Crippen molar-refractivity contribution in [2.75, 3.05) is 12.4 Å². The van der Waals surface area contributed by atoms with Crippen LogP contribution in [-0.4, -0.2) is 38.4 Å². The zero-order valence-electron chi connectivity index (χ0n) is 8.30. The van der Waals surface area contributed by atoms with Gasteiger partial charge in [0, 0.05) is 18.0 Å². The Morgan fingerprint density at radius 2 is 2.38 bits per heavy atom. The number of nitrogens with zero attached hydrogens (tertiary/aromatic N) is 1. The summed E-state index contributed by atoms with van der Waals surface area (Å²) in [5, 5.41) is 8.41. The van der Waals surface area contributed by atoms with E-state index in [1.807, 2.05) is 0 Å². The second-order valence-electron chi connectivity index (χ2n) is 3.58. The second-order valence-corrected chi connectivity index (χ2v) is 4.86. The van der Waals surface area contributed by atoms with Gasteiger partial charge in [0.05, 0.1) is 17.9 Å². The summed E-state index contributed by atoms with van der Waals surface area (Å²) in [6.07, 6.45) is 0.0113. The molecule has 1 aliphatic heterocycles. The van der Waals surface area contributed by atoms with Crippen LogP contribution in [0, 0.1) is 0 Å². The molecule has 0 unspecified atom stereocenters. The lowest BCUT2D eigenvalue weighted by molar-refractivity contribution is 0.196. The van der Waals surface area contributed by atoms with E-state index >= 15 is 0 Å². The number of aromatic nitrogens is 2. The van der Waals surface area contributed by atoms with Gasteiger partial charge in [0.2, 0.25) is 0 Å². The minimum atomic E-state index is -1.28. The third-order valence-electron chi connectivity index (χ3n) is 2.59. The van der Waals surface area contributed by atoms with Gasteiger partial charge in [-0.05, 0) is 0 Å². The van der Waals surface area contributed by atoms with Gasteiger partial charge in [-0.15, -0.1) is 0 Å². The number of rotatable bonds is 2. The van der Waals surface area contributed by atoms with E-state index in [9.17, 15) is 14.0 Å². The lowest BCUT2D eigenvalue weighted by Gasteiger charge is -2.16. The Morgan fingerprint density at radius 3 is 2.94 bits per heavy atom. The summed E-state index contributed by atoms with van der Waals surface area (Å²) in [5.41, 5.74) is -1.11. The molecule has 1 fully saturated rings. The zero-order chi connectivity index (χ0) is 11.7. The molecule has 2 heterocycles. The molecule has 16 heavy (non-hydrogen) atoms. The van der Waals surface area contributed by atoms with Gasteiger partial charge in [0.1, 0.15) is 6.17 Å². The Balaban J connectivity index is 2.32. The molecule has 1 aromatic heterocycles. The van der Waals surface area contributed by atoms with E-state index in [4.69, 9.17) is 5.11 Å². The van der Waals surface area contributed by atoms with E-state index in [0.29, 0.717) is 5.75 Å². The van der Waals surface area contributed by atoms with E-state index in [1.165, 1.54) is 28.6 Å². The Morgan fingerprint density at radius 1 is 1.62 bits per heavy atom. The lowest BCUT2D eigenvalue weighted by Crippen LogP contribution is -2.36. The van der Waals surface area contributed by atoms with E-state index < -0.39 is 28.7 Å². The van der Waals surface area contributed by atoms with Crippen LogP contribution in [0.3, 0.4) is 0 Å². The van der Waals surface area contributed by atoms with Crippen LogP contribution in [0.2, 0.25) is 0 Å². The Kier molecular flexibility index (Phi) is 3.15. The number of aliphatic hydroxyl groups is 1. The maximum absolute atomic E-state index is 13.8. The minimum absolute atomic E-state index is 0.250. The van der Waals surface area contributed by atoms with E-state index in [0.717, 1.165) is 0 Å². The molecule has 2 N–H and O–H groups in total. The number of halogens is 1. The predicted octanol–water partition coefficient (Wildman–Crippen LogP) is -0.477. The van der Waals surface area contributed by atoms with Crippen molar-refractivity contribution in [1.82, 2.24) is 9.55 Å². The Labute approximate surface area is 94.3 Å². The Hall–Kier alpha value is -1.08. The summed E-state index contributed by atoms with van der Waals surface area (Å²) in [7, 11) is 0. The van der Waals surface area contributed by atoms with Crippen molar-refractivity contribution in [2.24, 2.45) is 0 Å². The molecule has 0 saturated carbocycles. The molecular formula is C9H11FN2O3S. The topological polar surface area (TPSA) is 75.1 Å². The molecule has 3 atom stereocenters. The van der Waals surface area contributed by atoms with Gasteiger partial charge < -0.3 is 5.11 Å². The van der Waals surface area contributed by atoms with Crippen LogP contribution in [0.1, 0.15) is 6.04 Å². The molecule has 1 aromatic rings. The third-order valence-corrected chi connectivity index (χ3v) is 3.96. The predicted molar refractivity (Wildman–Crippen MR) is 58.6 cm³/mol. The first-order chi connectivity index (χ1) is 7.63. The van der Waals surface area contributed by atoms with Crippen molar-refractivity contribution in [3.63, 3.8) is 0 Å². The van der Waals surface area contributed by atoms with Crippen LogP contribution < -0.4 is 11.2 Å². The van der Waals surface area contributed by atoms with Gasteiger partial charge in [-0.2, -0.15) is 11.8 Å². The van der Waals surface area contributed by atoms with Gasteiger partial charge >= 0.3 is 5.69 Å². The number of hydrogen-bond donors (Lipinski definition) is 2. The number of alkyl halides is 1. The molecule has 7 heteroatoms. The summed E-state index contributed by atoms with van der Waals surface area (Å²) >= 11 is 1.29. The summed E-state index contributed by atoms with van der Waals surface area (Å²) in [6, 6.07) is 0.567. The molecular weight excluding hydrogens is 235 g/mol. The average Bonchev–Trinajstić information content (AvgIpc) is 2.60. The molecule has 1 saturated heterocycles. The molecule has 0 aliphatic carbocycles. The SMILES string of the molecule is O=c1ccn([C@H]2CS[C@@H](CO)[C@@H]2F)c(=O)[nH]1. The highest BCUT2D eigenvalue weighted by atomic mass is 32.2. The minimum Gasteiger partial charge on any atom is -0.395 e. The van der Waals surface area contributed by atoms with Crippen LogP contribution >= 0.6 is 11.8 Å². The van der Waals surface area contributed by atoms with Gasteiger partial charge in [0.25, 0.3) is 5.56 Å². The normalized spacial score (nSPS) is 29.5. The molecule has 1 aliphatic rings. The number of nitrogens with one attached hydrogen (secondary N) is 1. The first kappa shape index (κ1) is 11.4. The van der Waals surface area contributed by atoms with Crippen LogP contribution in [0.4, 0.5) is 4.39 Å².